The fourth-order valence-corrected chi connectivity index (χ4v) is 5.32. The molecule has 2 saturated heterocycles. The zero-order valence-electron chi connectivity index (χ0n) is 12.4. The molecule has 0 spiro atoms. The number of carbonyl (C=O) groups excluding carboxylic acids is 2. The first-order valence-corrected chi connectivity index (χ1v) is 10.2. The first kappa shape index (κ1) is 16.4. The Kier molecular flexibility index (Phi) is 4.72. The first-order valence-electron chi connectivity index (χ1n) is 7.42. The van der Waals surface area contributed by atoms with E-state index in [1.807, 2.05) is 0 Å². The molecule has 0 aromatic carbocycles. The van der Waals surface area contributed by atoms with Crippen molar-refractivity contribution in [1.82, 2.24) is 15.1 Å². The van der Waals surface area contributed by atoms with Crippen molar-refractivity contribution in [3.8, 4) is 0 Å². The largest absolute Gasteiger partial charge is 0.416 e. The van der Waals surface area contributed by atoms with E-state index in [0.717, 1.165) is 0 Å². The van der Waals surface area contributed by atoms with E-state index >= 15 is 0 Å². The Morgan fingerprint density at radius 2 is 1.96 bits per heavy atom. The molecule has 0 aliphatic carbocycles. The minimum absolute atomic E-state index is 0.0399. The van der Waals surface area contributed by atoms with E-state index in [0.29, 0.717) is 49.1 Å². The van der Waals surface area contributed by atoms with Crippen molar-refractivity contribution in [3.63, 3.8) is 0 Å². The summed E-state index contributed by atoms with van der Waals surface area (Å²) in [5.41, 5.74) is 0. The van der Waals surface area contributed by atoms with Gasteiger partial charge in [-0.25, -0.2) is 8.42 Å². The fraction of sp³-hybridized carbons (Fsp3) is 0.692. The zero-order valence-corrected chi connectivity index (χ0v) is 14.1. The Balaban J connectivity index is 1.46. The van der Waals surface area contributed by atoms with Crippen molar-refractivity contribution in [3.05, 3.63) is 5.89 Å². The second kappa shape index (κ2) is 6.60. The summed E-state index contributed by atoms with van der Waals surface area (Å²) in [7, 11) is -2.91. The third-order valence-electron chi connectivity index (χ3n) is 3.93. The van der Waals surface area contributed by atoms with Gasteiger partial charge in [0.05, 0.1) is 11.5 Å². The normalized spacial score (nSPS) is 23.8. The number of hydrogen-bond acceptors (Lipinski definition) is 8. The van der Waals surface area contributed by atoms with Crippen LogP contribution in [0.3, 0.4) is 0 Å². The van der Waals surface area contributed by atoms with E-state index in [-0.39, 0.29) is 29.2 Å². The molecule has 2 aliphatic rings. The number of nitrogens with zero attached hydrogens (tertiary/aromatic N) is 3. The molecule has 2 amide bonds. The first-order chi connectivity index (χ1) is 10.9. The third kappa shape index (κ3) is 4.11. The van der Waals surface area contributed by atoms with E-state index in [4.69, 9.17) is 4.42 Å². The van der Waals surface area contributed by atoms with E-state index in [1.54, 1.807) is 0 Å². The van der Waals surface area contributed by atoms with Gasteiger partial charge in [-0.3, -0.25) is 14.5 Å². The summed E-state index contributed by atoms with van der Waals surface area (Å²) < 4.78 is 28.3. The van der Waals surface area contributed by atoms with Crippen LogP contribution in [0.1, 0.15) is 25.2 Å². The topological polar surface area (TPSA) is 110 Å². The van der Waals surface area contributed by atoms with Gasteiger partial charge in [0, 0.05) is 31.6 Å². The molecule has 3 heterocycles. The maximum Gasteiger partial charge on any atom is 0.276 e. The van der Waals surface area contributed by atoms with Gasteiger partial charge in [-0.2, -0.15) is 0 Å². The summed E-state index contributed by atoms with van der Waals surface area (Å²) in [6.07, 6.45) is 1.68. The van der Waals surface area contributed by atoms with Crippen molar-refractivity contribution >= 4 is 33.4 Å². The molecule has 2 aliphatic heterocycles. The van der Waals surface area contributed by atoms with Crippen LogP contribution < -0.4 is 0 Å². The van der Waals surface area contributed by atoms with Crippen LogP contribution in [0.4, 0.5) is 0 Å². The van der Waals surface area contributed by atoms with Crippen LogP contribution in [0.25, 0.3) is 0 Å². The molecule has 1 atom stereocenters. The highest BCUT2D eigenvalue weighted by atomic mass is 32.2. The van der Waals surface area contributed by atoms with Crippen LogP contribution in [0.5, 0.6) is 0 Å². The molecule has 0 bridgehead atoms. The molecule has 0 saturated carbocycles. The maximum absolute atomic E-state index is 11.5. The summed E-state index contributed by atoms with van der Waals surface area (Å²) in [5.74, 6) is 1.11. The fourth-order valence-electron chi connectivity index (χ4n) is 2.76. The van der Waals surface area contributed by atoms with Crippen LogP contribution >= 0.6 is 11.8 Å². The number of aromatic nitrogens is 2. The van der Waals surface area contributed by atoms with Gasteiger partial charge < -0.3 is 4.42 Å². The molecule has 126 valence electrons. The van der Waals surface area contributed by atoms with E-state index in [1.165, 1.54) is 16.7 Å². The van der Waals surface area contributed by atoms with Crippen LogP contribution in [-0.4, -0.2) is 59.1 Å². The predicted octanol–water partition coefficient (Wildman–Crippen LogP) is 0.288. The van der Waals surface area contributed by atoms with Gasteiger partial charge in [0.1, 0.15) is 0 Å². The highest BCUT2D eigenvalue weighted by Crippen LogP contribution is 2.24. The second-order valence-electron chi connectivity index (χ2n) is 5.72. The Labute approximate surface area is 137 Å². The third-order valence-corrected chi connectivity index (χ3v) is 6.57. The average Bonchev–Trinajstić information content (AvgIpc) is 3.15. The van der Waals surface area contributed by atoms with Gasteiger partial charge in [-0.15, -0.1) is 10.2 Å². The quantitative estimate of drug-likeness (QED) is 0.526. The van der Waals surface area contributed by atoms with Crippen molar-refractivity contribution in [2.24, 2.45) is 5.92 Å². The lowest BCUT2D eigenvalue weighted by Gasteiger charge is -2.11. The van der Waals surface area contributed by atoms with Crippen molar-refractivity contribution in [2.45, 2.75) is 30.9 Å². The molecular formula is C13H17N3O5S2. The molecular weight excluding hydrogens is 342 g/mol. The SMILES string of the molecule is O=C1CCC(=O)N1CCSc1nnc(CC2CCS(=O)(=O)C2)o1. The number of thioether (sulfide) groups is 1. The van der Waals surface area contributed by atoms with Gasteiger partial charge >= 0.3 is 0 Å². The lowest BCUT2D eigenvalue weighted by Crippen LogP contribution is -2.31. The summed E-state index contributed by atoms with van der Waals surface area (Å²) in [5, 5.41) is 8.21. The molecule has 1 aromatic rings. The van der Waals surface area contributed by atoms with E-state index < -0.39 is 9.84 Å². The number of hydrogen-bond donors (Lipinski definition) is 0. The Morgan fingerprint density at radius 1 is 1.22 bits per heavy atom. The van der Waals surface area contributed by atoms with Crippen LogP contribution in [0.15, 0.2) is 9.64 Å². The number of imide groups is 1. The summed E-state index contributed by atoms with van der Waals surface area (Å²) in [6.45, 7) is 0.334. The van der Waals surface area contributed by atoms with E-state index in [2.05, 4.69) is 10.2 Å². The van der Waals surface area contributed by atoms with Crippen LogP contribution in [0.2, 0.25) is 0 Å². The van der Waals surface area contributed by atoms with Gasteiger partial charge in [0.2, 0.25) is 17.7 Å². The molecule has 1 unspecified atom stereocenters. The number of amides is 2. The van der Waals surface area contributed by atoms with Crippen LogP contribution in [-0.2, 0) is 25.8 Å². The monoisotopic (exact) mass is 359 g/mol. The van der Waals surface area contributed by atoms with Crippen LogP contribution in [0, 0.1) is 5.92 Å². The van der Waals surface area contributed by atoms with Gasteiger partial charge in [0.15, 0.2) is 9.84 Å². The summed E-state index contributed by atoms with van der Waals surface area (Å²) in [6, 6.07) is 0. The number of rotatable bonds is 6. The lowest BCUT2D eigenvalue weighted by molar-refractivity contribution is -0.137. The maximum atomic E-state index is 11.5. The highest BCUT2D eigenvalue weighted by Gasteiger charge is 2.30. The van der Waals surface area contributed by atoms with Crippen molar-refractivity contribution in [1.29, 1.82) is 0 Å². The molecule has 0 radical (unpaired) electrons. The Hall–Kier alpha value is -1.42. The number of likely N-dealkylation sites (tertiary alicyclic amines) is 1. The molecule has 1 aromatic heterocycles. The Bertz CT molecular complexity index is 699. The minimum atomic E-state index is -2.91. The standard InChI is InChI=1S/C13H17N3O5S2/c17-11-1-2-12(18)16(11)4-5-22-13-15-14-10(21-13)7-9-3-6-23(19,20)8-9/h9H,1-8H2. The molecule has 0 N–H and O–H groups in total. The van der Waals surface area contributed by atoms with Gasteiger partial charge in [-0.1, -0.05) is 11.8 Å². The van der Waals surface area contributed by atoms with Gasteiger partial charge in [0.25, 0.3) is 5.22 Å². The zero-order chi connectivity index (χ0) is 16.4. The summed E-state index contributed by atoms with van der Waals surface area (Å²) >= 11 is 1.29. The number of sulfone groups is 1. The Morgan fingerprint density at radius 3 is 2.61 bits per heavy atom. The minimum Gasteiger partial charge on any atom is -0.416 e. The lowest BCUT2D eigenvalue weighted by atomic mass is 10.1. The molecule has 8 nitrogen and oxygen atoms in total. The molecule has 23 heavy (non-hydrogen) atoms. The highest BCUT2D eigenvalue weighted by molar-refractivity contribution is 7.99. The smallest absolute Gasteiger partial charge is 0.276 e. The van der Waals surface area contributed by atoms with E-state index in [9.17, 15) is 18.0 Å². The second-order valence-corrected chi connectivity index (χ2v) is 9.00. The molecule has 3 rings (SSSR count). The average molecular weight is 359 g/mol. The predicted molar refractivity (Wildman–Crippen MR) is 81.4 cm³/mol. The molecule has 2 fully saturated rings. The van der Waals surface area contributed by atoms with Crippen molar-refractivity contribution in [2.75, 3.05) is 23.8 Å². The van der Waals surface area contributed by atoms with Gasteiger partial charge in [-0.05, 0) is 12.3 Å². The van der Waals surface area contributed by atoms with Crippen molar-refractivity contribution < 1.29 is 22.4 Å². The number of carbonyl (C=O) groups is 2. The summed E-state index contributed by atoms with van der Waals surface area (Å²) in [4.78, 5) is 24.2. The molecule has 10 heteroatoms.